The summed E-state index contributed by atoms with van der Waals surface area (Å²) in [5.74, 6) is -0.244. The van der Waals surface area contributed by atoms with E-state index in [4.69, 9.17) is 0 Å². The maximum atomic E-state index is 13.1. The fourth-order valence-corrected chi connectivity index (χ4v) is 3.11. The van der Waals surface area contributed by atoms with Gasteiger partial charge in [0, 0.05) is 12.5 Å². The molecule has 5 nitrogen and oxygen atoms in total. The predicted molar refractivity (Wildman–Crippen MR) is 79.4 cm³/mol. The van der Waals surface area contributed by atoms with E-state index in [1.54, 1.807) is 0 Å². The van der Waals surface area contributed by atoms with Gasteiger partial charge < -0.3 is 5.32 Å². The Morgan fingerprint density at radius 3 is 2.43 bits per heavy atom. The monoisotopic (exact) mass is 350 g/mol. The van der Waals surface area contributed by atoms with Crippen molar-refractivity contribution in [3.05, 3.63) is 29.8 Å². The molecule has 0 atom stereocenters. The highest BCUT2D eigenvalue weighted by atomic mass is 32.2. The van der Waals surface area contributed by atoms with Gasteiger partial charge in [0.25, 0.3) is 0 Å². The number of para-hydroxylation sites is 1. The first-order chi connectivity index (χ1) is 10.6. The molecule has 23 heavy (non-hydrogen) atoms. The molecule has 1 aliphatic rings. The Bertz CT molecular complexity index is 685. The third-order valence-corrected chi connectivity index (χ3v) is 4.62. The summed E-state index contributed by atoms with van der Waals surface area (Å²) in [6, 6.07) is 4.47. The molecule has 0 unspecified atom stereocenters. The van der Waals surface area contributed by atoms with Gasteiger partial charge in [-0.3, -0.25) is 9.10 Å². The number of carbonyl (C=O) groups excluding carboxylic acids is 1. The molecule has 1 aliphatic carbocycles. The van der Waals surface area contributed by atoms with Crippen LogP contribution in [0.5, 0.6) is 0 Å². The average Bonchev–Trinajstić information content (AvgIpc) is 3.25. The molecular weight excluding hydrogens is 333 g/mol. The Labute approximate surface area is 132 Å². The highest BCUT2D eigenvalue weighted by molar-refractivity contribution is 7.92. The van der Waals surface area contributed by atoms with Crippen LogP contribution in [0.25, 0.3) is 0 Å². The predicted octanol–water partition coefficient (Wildman–Crippen LogP) is 2.00. The standard InChI is InChI=1S/C14H17F3N2O3S/c1-23(21,22)19(9-8-18-13(20)10-6-7-10)12-5-3-2-4-11(12)14(15,16)17/h2-5,10H,6-9H2,1H3,(H,18,20). The summed E-state index contributed by atoms with van der Waals surface area (Å²) in [6.07, 6.45) is -2.25. The maximum Gasteiger partial charge on any atom is 0.418 e. The highest BCUT2D eigenvalue weighted by Crippen LogP contribution is 2.37. The summed E-state index contributed by atoms with van der Waals surface area (Å²) in [5, 5.41) is 2.55. The number of carbonyl (C=O) groups is 1. The lowest BCUT2D eigenvalue weighted by Gasteiger charge is -2.25. The van der Waals surface area contributed by atoms with Crippen molar-refractivity contribution in [2.45, 2.75) is 19.0 Å². The Morgan fingerprint density at radius 2 is 1.91 bits per heavy atom. The zero-order chi connectivity index (χ0) is 17.3. The Hall–Kier alpha value is -1.77. The molecular formula is C14H17F3N2O3S. The van der Waals surface area contributed by atoms with E-state index in [-0.39, 0.29) is 24.9 Å². The number of amides is 1. The van der Waals surface area contributed by atoms with Crippen molar-refractivity contribution in [1.82, 2.24) is 5.32 Å². The Kier molecular flexibility index (Phi) is 4.88. The van der Waals surface area contributed by atoms with Gasteiger partial charge in [-0.15, -0.1) is 0 Å². The number of nitrogens with one attached hydrogen (secondary N) is 1. The van der Waals surface area contributed by atoms with Crippen LogP contribution in [0.15, 0.2) is 24.3 Å². The van der Waals surface area contributed by atoms with Gasteiger partial charge in [-0.2, -0.15) is 13.2 Å². The molecule has 128 valence electrons. The number of hydrogen-bond donors (Lipinski definition) is 1. The highest BCUT2D eigenvalue weighted by Gasteiger charge is 2.36. The van der Waals surface area contributed by atoms with Crippen LogP contribution >= 0.6 is 0 Å². The summed E-state index contributed by atoms with van der Waals surface area (Å²) in [5.41, 5.74) is -1.47. The summed E-state index contributed by atoms with van der Waals surface area (Å²) in [4.78, 5) is 11.5. The first-order valence-electron chi connectivity index (χ1n) is 7.02. The van der Waals surface area contributed by atoms with E-state index in [9.17, 15) is 26.4 Å². The second-order valence-electron chi connectivity index (χ2n) is 5.42. The first-order valence-corrected chi connectivity index (χ1v) is 8.87. The van der Waals surface area contributed by atoms with Crippen molar-refractivity contribution in [3.63, 3.8) is 0 Å². The minimum Gasteiger partial charge on any atom is -0.354 e. The van der Waals surface area contributed by atoms with Gasteiger partial charge in [0.2, 0.25) is 15.9 Å². The van der Waals surface area contributed by atoms with Crippen LogP contribution in [0, 0.1) is 5.92 Å². The van der Waals surface area contributed by atoms with Crippen molar-refractivity contribution < 1.29 is 26.4 Å². The molecule has 0 heterocycles. The van der Waals surface area contributed by atoms with Crippen LogP contribution in [-0.2, 0) is 21.0 Å². The molecule has 2 rings (SSSR count). The van der Waals surface area contributed by atoms with E-state index < -0.39 is 27.5 Å². The van der Waals surface area contributed by atoms with Crippen LogP contribution in [0.1, 0.15) is 18.4 Å². The number of benzene rings is 1. The fraction of sp³-hybridized carbons (Fsp3) is 0.500. The van der Waals surface area contributed by atoms with Crippen molar-refractivity contribution in [1.29, 1.82) is 0 Å². The number of hydrogen-bond acceptors (Lipinski definition) is 3. The lowest BCUT2D eigenvalue weighted by molar-refractivity contribution is -0.137. The zero-order valence-corrected chi connectivity index (χ0v) is 13.2. The molecule has 0 radical (unpaired) electrons. The molecule has 1 aromatic carbocycles. The summed E-state index contributed by atoms with van der Waals surface area (Å²) < 4.78 is 63.6. The smallest absolute Gasteiger partial charge is 0.354 e. The lowest BCUT2D eigenvalue weighted by atomic mass is 10.1. The molecule has 1 saturated carbocycles. The largest absolute Gasteiger partial charge is 0.418 e. The molecule has 0 bridgehead atoms. The van der Waals surface area contributed by atoms with Gasteiger partial charge in [0.05, 0.1) is 24.1 Å². The van der Waals surface area contributed by atoms with Crippen molar-refractivity contribution in [2.24, 2.45) is 5.92 Å². The molecule has 1 fully saturated rings. The summed E-state index contributed by atoms with van der Waals surface area (Å²) >= 11 is 0. The van der Waals surface area contributed by atoms with Gasteiger partial charge in [0.1, 0.15) is 0 Å². The van der Waals surface area contributed by atoms with Gasteiger partial charge in [-0.25, -0.2) is 8.42 Å². The van der Waals surface area contributed by atoms with Crippen LogP contribution in [0.4, 0.5) is 18.9 Å². The number of nitrogens with zero attached hydrogens (tertiary/aromatic N) is 1. The minimum absolute atomic E-state index is 0.0470. The van der Waals surface area contributed by atoms with E-state index in [0.29, 0.717) is 4.31 Å². The van der Waals surface area contributed by atoms with Crippen molar-refractivity contribution in [3.8, 4) is 0 Å². The summed E-state index contributed by atoms with van der Waals surface area (Å²) in [6.45, 7) is -0.307. The van der Waals surface area contributed by atoms with E-state index in [2.05, 4.69) is 5.32 Å². The quantitative estimate of drug-likeness (QED) is 0.853. The van der Waals surface area contributed by atoms with Crippen LogP contribution in [0.2, 0.25) is 0 Å². The van der Waals surface area contributed by atoms with Gasteiger partial charge >= 0.3 is 6.18 Å². The van der Waals surface area contributed by atoms with E-state index in [1.807, 2.05) is 0 Å². The fourth-order valence-electron chi connectivity index (χ4n) is 2.17. The van der Waals surface area contributed by atoms with Gasteiger partial charge in [-0.05, 0) is 25.0 Å². The zero-order valence-electron chi connectivity index (χ0n) is 12.4. The average molecular weight is 350 g/mol. The number of halogens is 3. The van der Waals surface area contributed by atoms with Gasteiger partial charge in [-0.1, -0.05) is 12.1 Å². The van der Waals surface area contributed by atoms with E-state index in [0.717, 1.165) is 31.2 Å². The Morgan fingerprint density at radius 1 is 1.30 bits per heavy atom. The molecule has 0 aliphatic heterocycles. The van der Waals surface area contributed by atoms with Crippen LogP contribution in [0.3, 0.4) is 0 Å². The third-order valence-electron chi connectivity index (χ3n) is 3.44. The molecule has 9 heteroatoms. The molecule has 1 N–H and O–H groups in total. The van der Waals surface area contributed by atoms with Crippen LogP contribution < -0.4 is 9.62 Å². The molecule has 0 aromatic heterocycles. The SMILES string of the molecule is CS(=O)(=O)N(CCNC(=O)C1CC1)c1ccccc1C(F)(F)F. The lowest BCUT2D eigenvalue weighted by Crippen LogP contribution is -2.39. The molecule has 0 saturated heterocycles. The van der Waals surface area contributed by atoms with Gasteiger partial charge in [0.15, 0.2) is 0 Å². The van der Waals surface area contributed by atoms with Crippen molar-refractivity contribution in [2.75, 3.05) is 23.7 Å². The number of alkyl halides is 3. The topological polar surface area (TPSA) is 66.5 Å². The van der Waals surface area contributed by atoms with Crippen molar-refractivity contribution >= 4 is 21.6 Å². The number of sulfonamides is 1. The second-order valence-corrected chi connectivity index (χ2v) is 7.32. The normalized spacial score (nSPS) is 15.3. The molecule has 0 spiro atoms. The number of anilines is 1. The number of rotatable bonds is 6. The maximum absolute atomic E-state index is 13.1. The second kappa shape index (κ2) is 6.38. The van der Waals surface area contributed by atoms with Crippen LogP contribution in [-0.4, -0.2) is 33.7 Å². The van der Waals surface area contributed by atoms with E-state index in [1.165, 1.54) is 12.1 Å². The minimum atomic E-state index is -4.67. The first kappa shape index (κ1) is 17.6. The third kappa shape index (κ3) is 4.60. The Balaban J connectivity index is 2.20. The summed E-state index contributed by atoms with van der Waals surface area (Å²) in [7, 11) is -3.92. The molecule has 1 aromatic rings. The van der Waals surface area contributed by atoms with E-state index >= 15 is 0 Å². The molecule has 1 amide bonds.